The summed E-state index contributed by atoms with van der Waals surface area (Å²) in [5.41, 5.74) is 5.74. The molecular weight excluding hydrogens is 373 g/mol. The van der Waals surface area contributed by atoms with E-state index in [0.717, 1.165) is 12.1 Å². The molecule has 8 heteroatoms. The summed E-state index contributed by atoms with van der Waals surface area (Å²) in [5, 5.41) is -0.246. The van der Waals surface area contributed by atoms with E-state index in [9.17, 15) is 8.78 Å². The lowest BCUT2D eigenvalue weighted by molar-refractivity contribution is 0.509. The van der Waals surface area contributed by atoms with Crippen molar-refractivity contribution in [2.24, 2.45) is 0 Å². The molecule has 0 aliphatic heterocycles. The fourth-order valence-electron chi connectivity index (χ4n) is 1.62. The van der Waals surface area contributed by atoms with Gasteiger partial charge in [-0.25, -0.2) is 8.78 Å². The van der Waals surface area contributed by atoms with Crippen LogP contribution in [0.1, 0.15) is 0 Å². The third kappa shape index (κ3) is 2.53. The van der Waals surface area contributed by atoms with Crippen LogP contribution in [0.3, 0.4) is 0 Å². The van der Waals surface area contributed by atoms with E-state index in [1.807, 2.05) is 0 Å². The van der Waals surface area contributed by atoms with Crippen LogP contribution in [0, 0.1) is 11.6 Å². The second-order valence-corrected chi connectivity index (χ2v) is 5.69. The van der Waals surface area contributed by atoms with Gasteiger partial charge in [-0.1, -0.05) is 58.0 Å². The normalized spacial score (nSPS) is 10.9. The average Bonchev–Trinajstić information content (AvgIpc) is 2.40. The molecule has 0 saturated carbocycles. The quantitative estimate of drug-likeness (QED) is 0.343. The molecule has 0 bridgehead atoms. The zero-order valence-corrected chi connectivity index (χ0v) is 13.2. The minimum Gasteiger partial charge on any atom is -0.398 e. The smallest absolute Gasteiger partial charge is 0.160 e. The highest BCUT2D eigenvalue weighted by Crippen LogP contribution is 2.49. The zero-order chi connectivity index (χ0) is 15.2. The fraction of sp³-hybridized carbons (Fsp3) is 0. The third-order valence-corrected chi connectivity index (χ3v) is 4.85. The summed E-state index contributed by atoms with van der Waals surface area (Å²) in [6.45, 7) is 0. The van der Waals surface area contributed by atoms with Gasteiger partial charge in [0.2, 0.25) is 0 Å². The molecule has 2 N–H and O–H groups in total. The molecule has 2 aromatic carbocycles. The van der Waals surface area contributed by atoms with Gasteiger partial charge in [-0.2, -0.15) is 0 Å². The van der Waals surface area contributed by atoms with Gasteiger partial charge in [0.25, 0.3) is 0 Å². The maximum atomic E-state index is 13.4. The molecule has 106 valence electrons. The number of nitrogens with two attached hydrogens (primary N) is 1. The molecule has 0 heterocycles. The Labute approximate surface area is 138 Å². The van der Waals surface area contributed by atoms with E-state index in [0.29, 0.717) is 0 Å². The van der Waals surface area contributed by atoms with Gasteiger partial charge in [-0.05, 0) is 6.07 Å². The largest absolute Gasteiger partial charge is 0.398 e. The first-order valence-corrected chi connectivity index (χ1v) is 6.91. The Hall–Kier alpha value is -0.450. The molecule has 0 aliphatic carbocycles. The zero-order valence-electron chi connectivity index (χ0n) is 9.38. The second kappa shape index (κ2) is 5.74. The number of anilines is 1. The predicted molar refractivity (Wildman–Crippen MR) is 81.3 cm³/mol. The molecule has 0 aliphatic rings. The molecule has 1 nitrogen and oxygen atoms in total. The number of rotatable bonds is 1. The minimum atomic E-state index is -1.11. The van der Waals surface area contributed by atoms with Crippen molar-refractivity contribution >= 4 is 63.7 Å². The van der Waals surface area contributed by atoms with Gasteiger partial charge in [0.05, 0.1) is 25.1 Å². The Morgan fingerprint density at radius 3 is 1.60 bits per heavy atom. The van der Waals surface area contributed by atoms with Crippen LogP contribution in [-0.4, -0.2) is 0 Å². The van der Waals surface area contributed by atoms with Gasteiger partial charge in [0, 0.05) is 22.9 Å². The first-order chi connectivity index (χ1) is 9.25. The van der Waals surface area contributed by atoms with Crippen molar-refractivity contribution in [2.45, 2.75) is 0 Å². The summed E-state index contributed by atoms with van der Waals surface area (Å²) in [5.74, 6) is -2.20. The highest BCUT2D eigenvalue weighted by molar-refractivity contribution is 6.56. The highest BCUT2D eigenvalue weighted by Gasteiger charge is 2.22. The van der Waals surface area contributed by atoms with E-state index in [1.54, 1.807) is 0 Å². The van der Waals surface area contributed by atoms with Gasteiger partial charge in [-0.15, -0.1) is 0 Å². The Balaban J connectivity index is 2.87. The lowest BCUT2D eigenvalue weighted by Crippen LogP contribution is -1.96. The first-order valence-electron chi connectivity index (χ1n) is 5.02. The molecule has 0 amide bonds. The van der Waals surface area contributed by atoms with Crippen LogP contribution >= 0.6 is 58.0 Å². The van der Waals surface area contributed by atoms with Crippen LogP contribution in [0.5, 0.6) is 0 Å². The molecule has 0 saturated heterocycles. The summed E-state index contributed by atoms with van der Waals surface area (Å²) in [6.07, 6.45) is 0. The van der Waals surface area contributed by atoms with Crippen molar-refractivity contribution in [3.05, 3.63) is 48.9 Å². The standard InChI is InChI=1S/C12H4Cl5F2N/c13-8-7(9(14)11(16)12(17)10(8)15)3-1-4(18)5(19)2-6(3)20/h1-2H,20H2. The highest BCUT2D eigenvalue weighted by atomic mass is 35.5. The fourth-order valence-corrected chi connectivity index (χ4v) is 2.96. The van der Waals surface area contributed by atoms with Gasteiger partial charge >= 0.3 is 0 Å². The molecule has 20 heavy (non-hydrogen) atoms. The molecular formula is C12H4Cl5F2N. The van der Waals surface area contributed by atoms with Crippen LogP contribution in [-0.2, 0) is 0 Å². The van der Waals surface area contributed by atoms with Crippen LogP contribution in [0.25, 0.3) is 11.1 Å². The summed E-state index contributed by atoms with van der Waals surface area (Å²) >= 11 is 29.8. The van der Waals surface area contributed by atoms with Crippen molar-refractivity contribution in [1.29, 1.82) is 0 Å². The Kier molecular flexibility index (Phi) is 4.57. The van der Waals surface area contributed by atoms with Crippen molar-refractivity contribution in [1.82, 2.24) is 0 Å². The average molecular weight is 377 g/mol. The first kappa shape index (κ1) is 15.9. The summed E-state index contributed by atoms with van der Waals surface area (Å²) in [4.78, 5) is 0. The van der Waals surface area contributed by atoms with E-state index in [4.69, 9.17) is 63.7 Å². The van der Waals surface area contributed by atoms with Gasteiger partial charge < -0.3 is 5.73 Å². The maximum absolute atomic E-state index is 13.4. The SMILES string of the molecule is Nc1cc(F)c(F)cc1-c1c(Cl)c(Cl)c(Cl)c(Cl)c1Cl. The lowest BCUT2D eigenvalue weighted by atomic mass is 10.0. The molecule has 0 fully saturated rings. The van der Waals surface area contributed by atoms with Crippen molar-refractivity contribution in [3.63, 3.8) is 0 Å². The Morgan fingerprint density at radius 1 is 0.700 bits per heavy atom. The Morgan fingerprint density at radius 2 is 1.10 bits per heavy atom. The molecule has 0 aromatic heterocycles. The van der Waals surface area contributed by atoms with Crippen molar-refractivity contribution in [3.8, 4) is 11.1 Å². The van der Waals surface area contributed by atoms with E-state index < -0.39 is 11.6 Å². The van der Waals surface area contributed by atoms with E-state index >= 15 is 0 Å². The monoisotopic (exact) mass is 375 g/mol. The number of hydrogen-bond donors (Lipinski definition) is 1. The summed E-state index contributed by atoms with van der Waals surface area (Å²) in [7, 11) is 0. The van der Waals surface area contributed by atoms with E-state index in [-0.39, 0.29) is 41.9 Å². The third-order valence-electron chi connectivity index (χ3n) is 2.57. The lowest BCUT2D eigenvalue weighted by Gasteiger charge is -2.14. The van der Waals surface area contributed by atoms with Crippen molar-refractivity contribution in [2.75, 3.05) is 5.73 Å². The minimum absolute atomic E-state index is 0.0340. The van der Waals surface area contributed by atoms with E-state index in [2.05, 4.69) is 0 Å². The van der Waals surface area contributed by atoms with Crippen LogP contribution in [0.2, 0.25) is 25.1 Å². The number of hydrogen-bond acceptors (Lipinski definition) is 1. The summed E-state index contributed by atoms with van der Waals surface area (Å²) in [6, 6.07) is 1.67. The Bertz CT molecular complexity index is 689. The number of nitrogen functional groups attached to an aromatic ring is 1. The predicted octanol–water partition coefficient (Wildman–Crippen LogP) is 6.48. The number of benzene rings is 2. The molecule has 0 spiro atoms. The molecule has 2 rings (SSSR count). The molecule has 2 aromatic rings. The summed E-state index contributed by atoms with van der Waals surface area (Å²) < 4.78 is 26.5. The number of halogens is 7. The molecule has 0 radical (unpaired) electrons. The maximum Gasteiger partial charge on any atom is 0.160 e. The van der Waals surface area contributed by atoms with Crippen LogP contribution < -0.4 is 5.73 Å². The van der Waals surface area contributed by atoms with Gasteiger partial charge in [-0.3, -0.25) is 0 Å². The molecule has 0 atom stereocenters. The van der Waals surface area contributed by atoms with Crippen molar-refractivity contribution < 1.29 is 8.78 Å². The van der Waals surface area contributed by atoms with Crippen LogP contribution in [0.15, 0.2) is 12.1 Å². The molecule has 0 unspecified atom stereocenters. The van der Waals surface area contributed by atoms with E-state index in [1.165, 1.54) is 0 Å². The topological polar surface area (TPSA) is 26.0 Å². The van der Waals surface area contributed by atoms with Crippen LogP contribution in [0.4, 0.5) is 14.5 Å². The van der Waals surface area contributed by atoms with Gasteiger partial charge in [0.15, 0.2) is 11.6 Å². The van der Waals surface area contributed by atoms with Gasteiger partial charge in [0.1, 0.15) is 0 Å². The second-order valence-electron chi connectivity index (χ2n) is 3.80.